The zero-order chi connectivity index (χ0) is 14.8. The summed E-state index contributed by atoms with van der Waals surface area (Å²) in [7, 11) is 0. The molecule has 1 aromatic carbocycles. The Labute approximate surface area is 120 Å². The number of carbonyl (C=O) groups is 1. The summed E-state index contributed by atoms with van der Waals surface area (Å²) < 4.78 is 18.6. The van der Waals surface area contributed by atoms with E-state index in [0.29, 0.717) is 29.0 Å². The summed E-state index contributed by atoms with van der Waals surface area (Å²) in [6.45, 7) is 1.79. The van der Waals surface area contributed by atoms with Crippen LogP contribution in [0, 0.1) is 12.7 Å². The molecule has 1 aromatic heterocycles. The Morgan fingerprint density at radius 2 is 2.24 bits per heavy atom. The van der Waals surface area contributed by atoms with Crippen molar-refractivity contribution in [3.05, 3.63) is 41.4 Å². The topological polar surface area (TPSA) is 80.0 Å². The van der Waals surface area contributed by atoms with Crippen LogP contribution in [0.5, 0.6) is 0 Å². The van der Waals surface area contributed by atoms with Crippen LogP contribution in [-0.2, 0) is 6.54 Å². The van der Waals surface area contributed by atoms with E-state index in [1.165, 1.54) is 12.1 Å². The van der Waals surface area contributed by atoms with Gasteiger partial charge in [-0.05, 0) is 43.5 Å². The fourth-order valence-corrected chi connectivity index (χ4v) is 1.89. The molecule has 1 fully saturated rings. The SMILES string of the molecule is Cc1cc(NC(=O)NCc2nnc(C3CC3)o2)ccc1F. The Balaban J connectivity index is 1.52. The van der Waals surface area contributed by atoms with Gasteiger partial charge in [-0.25, -0.2) is 9.18 Å². The fraction of sp³-hybridized carbons (Fsp3) is 0.357. The Hall–Kier alpha value is -2.44. The predicted octanol–water partition coefficient (Wildman–Crippen LogP) is 2.72. The number of aromatic nitrogens is 2. The third-order valence-corrected chi connectivity index (χ3v) is 3.23. The molecule has 0 spiro atoms. The lowest BCUT2D eigenvalue weighted by molar-refractivity contribution is 0.250. The molecule has 1 aliphatic rings. The van der Waals surface area contributed by atoms with Gasteiger partial charge in [0, 0.05) is 11.6 Å². The monoisotopic (exact) mass is 290 g/mol. The van der Waals surface area contributed by atoms with Gasteiger partial charge < -0.3 is 15.1 Å². The number of anilines is 1. The van der Waals surface area contributed by atoms with Crippen molar-refractivity contribution >= 4 is 11.7 Å². The van der Waals surface area contributed by atoms with Gasteiger partial charge in [-0.3, -0.25) is 0 Å². The van der Waals surface area contributed by atoms with E-state index in [1.807, 2.05) is 0 Å². The molecule has 0 bridgehead atoms. The highest BCUT2D eigenvalue weighted by Crippen LogP contribution is 2.38. The van der Waals surface area contributed by atoms with Gasteiger partial charge in [0.2, 0.25) is 11.8 Å². The molecule has 1 heterocycles. The summed E-state index contributed by atoms with van der Waals surface area (Å²) in [5.41, 5.74) is 0.995. The van der Waals surface area contributed by atoms with Crippen LogP contribution < -0.4 is 10.6 Å². The molecule has 3 rings (SSSR count). The van der Waals surface area contributed by atoms with Crippen LogP contribution in [0.2, 0.25) is 0 Å². The number of rotatable bonds is 4. The van der Waals surface area contributed by atoms with Gasteiger partial charge in [0.25, 0.3) is 0 Å². The van der Waals surface area contributed by atoms with E-state index in [9.17, 15) is 9.18 Å². The molecular formula is C14H15FN4O2. The molecule has 0 radical (unpaired) electrons. The van der Waals surface area contributed by atoms with Crippen molar-refractivity contribution < 1.29 is 13.6 Å². The molecule has 0 atom stereocenters. The first-order valence-corrected chi connectivity index (χ1v) is 6.75. The maximum Gasteiger partial charge on any atom is 0.319 e. The number of aryl methyl sites for hydroxylation is 1. The number of amides is 2. The Morgan fingerprint density at radius 1 is 1.43 bits per heavy atom. The van der Waals surface area contributed by atoms with Gasteiger partial charge in [0.1, 0.15) is 5.82 Å². The lowest BCUT2D eigenvalue weighted by atomic mass is 10.2. The van der Waals surface area contributed by atoms with E-state index < -0.39 is 6.03 Å². The van der Waals surface area contributed by atoms with Crippen LogP contribution in [0.1, 0.15) is 36.1 Å². The van der Waals surface area contributed by atoms with Gasteiger partial charge in [0.05, 0.1) is 6.54 Å². The standard InChI is InChI=1S/C14H15FN4O2/c1-8-6-10(4-5-11(8)15)17-14(20)16-7-12-18-19-13(21-12)9-2-3-9/h4-6,9H,2-3,7H2,1H3,(H2,16,17,20). The third kappa shape index (κ3) is 3.36. The summed E-state index contributed by atoms with van der Waals surface area (Å²) in [4.78, 5) is 11.7. The first kappa shape index (κ1) is 13.5. The van der Waals surface area contributed by atoms with Crippen LogP contribution in [0.15, 0.2) is 22.6 Å². The van der Waals surface area contributed by atoms with Crippen molar-refractivity contribution in [3.8, 4) is 0 Å². The number of hydrogen-bond donors (Lipinski definition) is 2. The van der Waals surface area contributed by atoms with Crippen LogP contribution in [0.25, 0.3) is 0 Å². The minimum Gasteiger partial charge on any atom is -0.423 e. The molecule has 7 heteroatoms. The lowest BCUT2D eigenvalue weighted by Crippen LogP contribution is -2.28. The molecular weight excluding hydrogens is 275 g/mol. The fourth-order valence-electron chi connectivity index (χ4n) is 1.89. The molecule has 110 valence electrons. The number of benzene rings is 1. The number of nitrogens with zero attached hydrogens (tertiary/aromatic N) is 2. The zero-order valence-corrected chi connectivity index (χ0v) is 11.5. The van der Waals surface area contributed by atoms with Gasteiger partial charge in [-0.15, -0.1) is 10.2 Å². The molecule has 1 saturated carbocycles. The van der Waals surface area contributed by atoms with Crippen LogP contribution in [0.4, 0.5) is 14.9 Å². The number of hydrogen-bond acceptors (Lipinski definition) is 4. The number of halogens is 1. The van der Waals surface area contributed by atoms with Crippen molar-refractivity contribution in [1.29, 1.82) is 0 Å². The van der Waals surface area contributed by atoms with E-state index in [-0.39, 0.29) is 12.4 Å². The molecule has 21 heavy (non-hydrogen) atoms. The molecule has 2 aromatic rings. The smallest absolute Gasteiger partial charge is 0.319 e. The highest BCUT2D eigenvalue weighted by Gasteiger charge is 2.29. The van der Waals surface area contributed by atoms with Crippen LogP contribution in [-0.4, -0.2) is 16.2 Å². The van der Waals surface area contributed by atoms with Gasteiger partial charge >= 0.3 is 6.03 Å². The Morgan fingerprint density at radius 3 is 2.95 bits per heavy atom. The second kappa shape index (κ2) is 5.51. The van der Waals surface area contributed by atoms with Gasteiger partial charge in [-0.2, -0.15) is 0 Å². The van der Waals surface area contributed by atoms with E-state index in [2.05, 4.69) is 20.8 Å². The van der Waals surface area contributed by atoms with E-state index in [4.69, 9.17) is 4.42 Å². The Bertz CT molecular complexity index is 667. The van der Waals surface area contributed by atoms with Crippen molar-refractivity contribution in [2.24, 2.45) is 0 Å². The quantitative estimate of drug-likeness (QED) is 0.907. The molecule has 6 nitrogen and oxygen atoms in total. The van der Waals surface area contributed by atoms with Crippen LogP contribution >= 0.6 is 0 Å². The minimum atomic E-state index is -0.410. The van der Waals surface area contributed by atoms with E-state index in [1.54, 1.807) is 13.0 Å². The number of urea groups is 1. The lowest BCUT2D eigenvalue weighted by Gasteiger charge is -2.07. The maximum atomic E-state index is 13.1. The average molecular weight is 290 g/mol. The first-order chi connectivity index (χ1) is 10.1. The zero-order valence-electron chi connectivity index (χ0n) is 11.5. The van der Waals surface area contributed by atoms with Gasteiger partial charge in [0.15, 0.2) is 0 Å². The minimum absolute atomic E-state index is 0.158. The number of carbonyl (C=O) groups excluding carboxylic acids is 1. The maximum absolute atomic E-state index is 13.1. The molecule has 2 amide bonds. The second-order valence-corrected chi connectivity index (χ2v) is 5.08. The summed E-state index contributed by atoms with van der Waals surface area (Å²) >= 11 is 0. The third-order valence-electron chi connectivity index (χ3n) is 3.23. The summed E-state index contributed by atoms with van der Waals surface area (Å²) in [5.74, 6) is 1.10. The van der Waals surface area contributed by atoms with Crippen molar-refractivity contribution in [3.63, 3.8) is 0 Å². The van der Waals surface area contributed by atoms with E-state index >= 15 is 0 Å². The van der Waals surface area contributed by atoms with Gasteiger partial charge in [-0.1, -0.05) is 0 Å². The highest BCUT2D eigenvalue weighted by molar-refractivity contribution is 5.89. The van der Waals surface area contributed by atoms with Crippen LogP contribution in [0.3, 0.4) is 0 Å². The Kier molecular flexibility index (Phi) is 3.55. The molecule has 1 aliphatic carbocycles. The molecule has 0 saturated heterocycles. The summed E-state index contributed by atoms with van der Waals surface area (Å²) in [5, 5.41) is 13.0. The first-order valence-electron chi connectivity index (χ1n) is 6.75. The normalized spacial score (nSPS) is 14.0. The summed E-state index contributed by atoms with van der Waals surface area (Å²) in [6.07, 6.45) is 2.17. The molecule has 2 N–H and O–H groups in total. The predicted molar refractivity (Wildman–Crippen MR) is 73.3 cm³/mol. The average Bonchev–Trinajstić information content (AvgIpc) is 3.20. The van der Waals surface area contributed by atoms with Crippen molar-refractivity contribution in [2.45, 2.75) is 32.2 Å². The largest absolute Gasteiger partial charge is 0.423 e. The molecule has 0 aliphatic heterocycles. The summed E-state index contributed by atoms with van der Waals surface area (Å²) in [6, 6.07) is 3.96. The second-order valence-electron chi connectivity index (χ2n) is 5.08. The number of nitrogens with one attached hydrogen (secondary N) is 2. The van der Waals surface area contributed by atoms with Crippen molar-refractivity contribution in [1.82, 2.24) is 15.5 Å². The molecule has 0 unspecified atom stereocenters. The van der Waals surface area contributed by atoms with E-state index in [0.717, 1.165) is 12.8 Å². The highest BCUT2D eigenvalue weighted by atomic mass is 19.1. The van der Waals surface area contributed by atoms with Crippen molar-refractivity contribution in [2.75, 3.05) is 5.32 Å².